The molecule has 0 aromatic carbocycles. The first-order chi connectivity index (χ1) is 13.1. The lowest BCUT2D eigenvalue weighted by Crippen LogP contribution is -2.56. The van der Waals surface area contributed by atoms with Crippen molar-refractivity contribution in [1.82, 2.24) is 0 Å². The van der Waals surface area contributed by atoms with Crippen molar-refractivity contribution in [3.63, 3.8) is 0 Å². The Morgan fingerprint density at radius 2 is 1.74 bits per heavy atom. The van der Waals surface area contributed by atoms with Crippen LogP contribution in [0, 0.1) is 17.8 Å². The van der Waals surface area contributed by atoms with E-state index in [0.717, 1.165) is 24.3 Å². The van der Waals surface area contributed by atoms with Crippen molar-refractivity contribution in [3.05, 3.63) is 11.1 Å². The van der Waals surface area contributed by atoms with Gasteiger partial charge in [-0.3, -0.25) is 9.59 Å². The predicted octanol–water partition coefficient (Wildman–Crippen LogP) is 3.17. The second-order valence-electron chi connectivity index (χ2n) is 8.31. The molecule has 148 valence electrons. The minimum absolute atomic E-state index is 0.0795. The van der Waals surface area contributed by atoms with Gasteiger partial charge in [-0.05, 0) is 49.2 Å². The second kappa shape index (κ2) is 6.42. The van der Waals surface area contributed by atoms with Gasteiger partial charge in [0.05, 0.1) is 37.8 Å². The highest BCUT2D eigenvalue weighted by atomic mass is 32.2. The Kier molecular flexibility index (Phi) is 4.37. The second-order valence-corrected chi connectivity index (χ2v) is 11.2. The van der Waals surface area contributed by atoms with Crippen molar-refractivity contribution < 1.29 is 23.8 Å². The zero-order chi connectivity index (χ0) is 18.8. The van der Waals surface area contributed by atoms with Gasteiger partial charge in [-0.1, -0.05) is 6.42 Å². The fourth-order valence-corrected chi connectivity index (χ4v) is 10.3. The van der Waals surface area contributed by atoms with Gasteiger partial charge in [0.1, 0.15) is 4.08 Å². The number of hydrogen-bond donors (Lipinski definition) is 0. The van der Waals surface area contributed by atoms with Crippen LogP contribution in [-0.4, -0.2) is 53.4 Å². The molecule has 5 rings (SSSR count). The van der Waals surface area contributed by atoms with Crippen LogP contribution in [0.25, 0.3) is 0 Å². The van der Waals surface area contributed by atoms with E-state index in [2.05, 4.69) is 0 Å². The van der Waals surface area contributed by atoms with Gasteiger partial charge in [0, 0.05) is 11.5 Å². The molecule has 2 bridgehead atoms. The van der Waals surface area contributed by atoms with Gasteiger partial charge in [0.2, 0.25) is 0 Å². The lowest BCUT2D eigenvalue weighted by Gasteiger charge is -2.52. The molecule has 5 atom stereocenters. The summed E-state index contributed by atoms with van der Waals surface area (Å²) in [5.41, 5.74) is 2.60. The molecule has 5 nitrogen and oxygen atoms in total. The van der Waals surface area contributed by atoms with Gasteiger partial charge in [-0.25, -0.2) is 0 Å². The smallest absolute Gasteiger partial charge is 0.309 e. The van der Waals surface area contributed by atoms with Crippen molar-refractivity contribution in [2.24, 2.45) is 17.8 Å². The maximum atomic E-state index is 12.6. The van der Waals surface area contributed by atoms with Crippen LogP contribution in [0.5, 0.6) is 0 Å². The molecule has 3 heterocycles. The van der Waals surface area contributed by atoms with E-state index in [1.54, 1.807) is 0 Å². The molecule has 2 saturated heterocycles. The predicted molar refractivity (Wildman–Crippen MR) is 104 cm³/mol. The first-order valence-electron chi connectivity index (χ1n) is 9.90. The van der Waals surface area contributed by atoms with Crippen molar-refractivity contribution in [1.29, 1.82) is 0 Å². The first kappa shape index (κ1) is 18.4. The number of ether oxygens (including phenoxy) is 3. The van der Waals surface area contributed by atoms with Crippen LogP contribution in [0.3, 0.4) is 0 Å². The molecule has 0 amide bonds. The third kappa shape index (κ3) is 2.31. The van der Waals surface area contributed by atoms with Gasteiger partial charge in [0.15, 0.2) is 0 Å². The minimum atomic E-state index is -0.465. The normalized spacial score (nSPS) is 41.4. The molecule has 3 fully saturated rings. The van der Waals surface area contributed by atoms with E-state index in [1.807, 2.05) is 23.5 Å². The quantitative estimate of drug-likeness (QED) is 0.512. The van der Waals surface area contributed by atoms with E-state index in [4.69, 9.17) is 14.2 Å². The molecular weight excluding hydrogens is 384 g/mol. The SMILES string of the molecule is COC(=O)[C@H]1CC2=C(C[C@H]1C(=O)OC)[C@H]1C[C@@H]3CCC[C@@]3(O1)C21SCCS1. The monoisotopic (exact) mass is 410 g/mol. The van der Waals surface area contributed by atoms with Crippen molar-refractivity contribution in [3.8, 4) is 0 Å². The van der Waals surface area contributed by atoms with Crippen LogP contribution >= 0.6 is 23.5 Å². The van der Waals surface area contributed by atoms with Crippen LogP contribution < -0.4 is 0 Å². The third-order valence-corrected chi connectivity index (χ3v) is 11.2. The molecule has 0 aromatic rings. The van der Waals surface area contributed by atoms with Crippen LogP contribution in [-0.2, 0) is 23.8 Å². The Labute approximate surface area is 168 Å². The Morgan fingerprint density at radius 3 is 2.41 bits per heavy atom. The zero-order valence-corrected chi connectivity index (χ0v) is 17.5. The highest BCUT2D eigenvalue weighted by molar-refractivity contribution is 8.21. The molecule has 2 spiro atoms. The highest BCUT2D eigenvalue weighted by Crippen LogP contribution is 2.71. The summed E-state index contributed by atoms with van der Waals surface area (Å²) in [6, 6.07) is 0. The summed E-state index contributed by atoms with van der Waals surface area (Å²) in [6.45, 7) is 0. The summed E-state index contributed by atoms with van der Waals surface area (Å²) in [4.78, 5) is 25.1. The molecular formula is C20H26O5S2. The summed E-state index contributed by atoms with van der Waals surface area (Å²) in [5, 5.41) is 0. The fraction of sp³-hybridized carbons (Fsp3) is 0.800. The Bertz CT molecular complexity index is 713. The van der Waals surface area contributed by atoms with Crippen molar-refractivity contribution in [2.45, 2.75) is 54.3 Å². The third-order valence-electron chi connectivity index (χ3n) is 7.39. The molecule has 7 heteroatoms. The van der Waals surface area contributed by atoms with Crippen molar-refractivity contribution in [2.75, 3.05) is 25.7 Å². The molecule has 5 aliphatic rings. The molecule has 27 heavy (non-hydrogen) atoms. The zero-order valence-electron chi connectivity index (χ0n) is 15.8. The molecule has 0 N–H and O–H groups in total. The Balaban J connectivity index is 1.62. The number of thioether (sulfide) groups is 2. The maximum absolute atomic E-state index is 12.6. The van der Waals surface area contributed by atoms with E-state index in [9.17, 15) is 9.59 Å². The average Bonchev–Trinajstić information content (AvgIpc) is 3.38. The summed E-state index contributed by atoms with van der Waals surface area (Å²) in [7, 11) is 2.81. The standard InChI is InChI=1S/C20H26O5S2/c1-23-17(21)12-9-14-15(10-13(12)18(22)24-2)20(26-6-7-27-20)19-5-3-4-11(19)8-16(14)25-19/h11-13,16H,3-10H2,1-2H3/t11-,12+,13-,16+,19-/m0/s1. The highest BCUT2D eigenvalue weighted by Gasteiger charge is 2.70. The number of rotatable bonds is 2. The van der Waals surface area contributed by atoms with Crippen LogP contribution in [0.15, 0.2) is 11.1 Å². The van der Waals surface area contributed by atoms with Gasteiger partial charge < -0.3 is 14.2 Å². The number of hydrogen-bond acceptors (Lipinski definition) is 7. The molecule has 3 aliphatic heterocycles. The van der Waals surface area contributed by atoms with Gasteiger partial charge in [0.25, 0.3) is 0 Å². The number of methoxy groups -OCH3 is 2. The van der Waals surface area contributed by atoms with Gasteiger partial charge in [-0.2, -0.15) is 0 Å². The van der Waals surface area contributed by atoms with E-state index in [-0.39, 0.29) is 27.7 Å². The van der Waals surface area contributed by atoms with Gasteiger partial charge >= 0.3 is 11.9 Å². The topological polar surface area (TPSA) is 61.8 Å². The largest absolute Gasteiger partial charge is 0.469 e. The van der Waals surface area contributed by atoms with E-state index >= 15 is 0 Å². The van der Waals surface area contributed by atoms with Crippen molar-refractivity contribution >= 4 is 35.5 Å². The van der Waals surface area contributed by atoms with E-state index in [0.29, 0.717) is 18.8 Å². The molecule has 0 aromatic heterocycles. The van der Waals surface area contributed by atoms with E-state index in [1.165, 1.54) is 38.2 Å². The molecule has 2 aliphatic carbocycles. The van der Waals surface area contributed by atoms with Crippen LogP contribution in [0.2, 0.25) is 0 Å². The Hall–Kier alpha value is -0.660. The number of fused-ring (bicyclic) bond motifs is 3. The summed E-state index contributed by atoms with van der Waals surface area (Å²) >= 11 is 4.05. The maximum Gasteiger partial charge on any atom is 0.309 e. The number of esters is 2. The summed E-state index contributed by atoms with van der Waals surface area (Å²) in [5.74, 6) is 1.32. The number of carbonyl (C=O) groups excluding carboxylic acids is 2. The van der Waals surface area contributed by atoms with E-state index < -0.39 is 11.8 Å². The number of carbonyl (C=O) groups is 2. The lowest BCUT2D eigenvalue weighted by molar-refractivity contribution is -0.158. The molecule has 1 saturated carbocycles. The molecule has 0 unspecified atom stereocenters. The minimum Gasteiger partial charge on any atom is -0.469 e. The molecule has 0 radical (unpaired) electrons. The summed E-state index contributed by atoms with van der Waals surface area (Å²) < 4.78 is 16.9. The Morgan fingerprint density at radius 1 is 1.07 bits per heavy atom. The average molecular weight is 411 g/mol. The van der Waals surface area contributed by atoms with Gasteiger partial charge in [-0.15, -0.1) is 23.5 Å². The van der Waals surface area contributed by atoms with Crippen LogP contribution in [0.4, 0.5) is 0 Å². The fourth-order valence-electron chi connectivity index (χ4n) is 6.35. The lowest BCUT2D eigenvalue weighted by atomic mass is 9.71. The van der Waals surface area contributed by atoms with Crippen LogP contribution in [0.1, 0.15) is 38.5 Å². The summed E-state index contributed by atoms with van der Waals surface area (Å²) in [6.07, 6.45) is 5.94. The first-order valence-corrected chi connectivity index (χ1v) is 11.9.